The van der Waals surface area contributed by atoms with Crippen molar-refractivity contribution < 1.29 is 9.53 Å². The molecule has 1 amide bonds. The molecule has 2 N–H and O–H groups in total. The fourth-order valence-electron chi connectivity index (χ4n) is 2.48. The summed E-state index contributed by atoms with van der Waals surface area (Å²) in [5.74, 6) is 1.44. The van der Waals surface area contributed by atoms with Crippen LogP contribution in [0.3, 0.4) is 0 Å². The van der Waals surface area contributed by atoms with E-state index in [1.54, 1.807) is 26.2 Å². The van der Waals surface area contributed by atoms with Gasteiger partial charge in [-0.05, 0) is 31.9 Å². The number of halogens is 1. The number of carbonyl (C=O) groups excluding carboxylic acids is 1. The fraction of sp³-hybridized carbons (Fsp3) is 0.421. The van der Waals surface area contributed by atoms with Gasteiger partial charge in [-0.1, -0.05) is 31.4 Å². The van der Waals surface area contributed by atoms with Crippen LogP contribution in [0.2, 0.25) is 5.02 Å². The van der Waals surface area contributed by atoms with E-state index in [2.05, 4.69) is 27.5 Å². The minimum absolute atomic E-state index is 0.200. The van der Waals surface area contributed by atoms with E-state index in [4.69, 9.17) is 16.3 Å². The Kier molecular flexibility index (Phi) is 7.21. The Morgan fingerprint density at radius 1 is 1.19 bits per heavy atom. The average Bonchev–Trinajstić information content (AvgIpc) is 2.61. The highest BCUT2D eigenvalue weighted by molar-refractivity contribution is 6.31. The molecule has 0 aliphatic rings. The van der Waals surface area contributed by atoms with Crippen LogP contribution in [-0.4, -0.2) is 29.5 Å². The second-order valence-corrected chi connectivity index (χ2v) is 6.48. The molecular weight excluding hydrogens is 352 g/mol. The lowest BCUT2D eigenvalue weighted by Gasteiger charge is -2.13. The number of nitrogens with one attached hydrogen (secondary N) is 2. The largest absolute Gasteiger partial charge is 0.495 e. The summed E-state index contributed by atoms with van der Waals surface area (Å²) >= 11 is 6.14. The number of hydrogen-bond donors (Lipinski definition) is 2. The van der Waals surface area contributed by atoms with Gasteiger partial charge in [-0.15, -0.1) is 0 Å². The van der Waals surface area contributed by atoms with Gasteiger partial charge in [-0.25, -0.2) is 9.97 Å². The zero-order valence-corrected chi connectivity index (χ0v) is 16.4. The summed E-state index contributed by atoms with van der Waals surface area (Å²) in [6, 6.07) is 5.25. The third-order valence-corrected chi connectivity index (χ3v) is 4.29. The van der Waals surface area contributed by atoms with E-state index >= 15 is 0 Å². The molecule has 0 spiro atoms. The van der Waals surface area contributed by atoms with Gasteiger partial charge in [0.25, 0.3) is 5.91 Å². The van der Waals surface area contributed by atoms with Gasteiger partial charge >= 0.3 is 0 Å². The monoisotopic (exact) mass is 376 g/mol. The smallest absolute Gasteiger partial charge is 0.270 e. The average molecular weight is 377 g/mol. The van der Waals surface area contributed by atoms with Crippen LogP contribution in [0.1, 0.15) is 48.1 Å². The highest BCUT2D eigenvalue weighted by Gasteiger charge is 2.12. The van der Waals surface area contributed by atoms with E-state index < -0.39 is 0 Å². The number of unbranched alkanes of at least 4 members (excludes halogenated alkanes) is 2. The maximum Gasteiger partial charge on any atom is 0.270 e. The Labute approximate surface area is 159 Å². The quantitative estimate of drug-likeness (QED) is 0.667. The first-order valence-electron chi connectivity index (χ1n) is 8.69. The van der Waals surface area contributed by atoms with Crippen LogP contribution in [0, 0.1) is 13.8 Å². The zero-order chi connectivity index (χ0) is 19.1. The van der Waals surface area contributed by atoms with Crippen molar-refractivity contribution in [2.75, 3.05) is 19.0 Å². The molecule has 0 saturated carbocycles. The molecule has 0 aliphatic heterocycles. The minimum atomic E-state index is -0.200. The van der Waals surface area contributed by atoms with E-state index in [1.807, 2.05) is 13.0 Å². The summed E-state index contributed by atoms with van der Waals surface area (Å²) < 4.78 is 5.37. The Hall–Kier alpha value is -2.34. The summed E-state index contributed by atoms with van der Waals surface area (Å²) in [4.78, 5) is 20.9. The molecule has 0 bridgehead atoms. The first-order chi connectivity index (χ1) is 12.4. The van der Waals surface area contributed by atoms with Crippen LogP contribution in [0.25, 0.3) is 0 Å². The van der Waals surface area contributed by atoms with Crippen LogP contribution in [0.5, 0.6) is 5.75 Å². The van der Waals surface area contributed by atoms with Gasteiger partial charge in [0.05, 0.1) is 12.8 Å². The number of benzene rings is 1. The molecule has 6 nitrogen and oxygen atoms in total. The number of anilines is 2. The molecule has 1 heterocycles. The van der Waals surface area contributed by atoms with Crippen molar-refractivity contribution in [1.82, 2.24) is 15.3 Å². The van der Waals surface area contributed by atoms with Gasteiger partial charge in [0.15, 0.2) is 0 Å². The molecule has 2 rings (SSSR count). The number of aromatic nitrogens is 2. The second-order valence-electron chi connectivity index (χ2n) is 6.08. The second kappa shape index (κ2) is 9.38. The van der Waals surface area contributed by atoms with Crippen molar-refractivity contribution in [1.29, 1.82) is 0 Å². The number of amides is 1. The van der Waals surface area contributed by atoms with Crippen molar-refractivity contribution in [3.63, 3.8) is 0 Å². The molecule has 0 saturated heterocycles. The summed E-state index contributed by atoms with van der Waals surface area (Å²) in [5, 5.41) is 6.70. The van der Waals surface area contributed by atoms with E-state index in [0.717, 1.165) is 30.5 Å². The molecule has 2 aromatic rings. The topological polar surface area (TPSA) is 76.1 Å². The Morgan fingerprint density at radius 2 is 1.96 bits per heavy atom. The van der Waals surface area contributed by atoms with Crippen molar-refractivity contribution >= 4 is 29.0 Å². The summed E-state index contributed by atoms with van der Waals surface area (Å²) in [5.41, 5.74) is 1.97. The van der Waals surface area contributed by atoms with Gasteiger partial charge < -0.3 is 15.4 Å². The van der Waals surface area contributed by atoms with Crippen LogP contribution in [0.15, 0.2) is 18.2 Å². The van der Waals surface area contributed by atoms with Crippen LogP contribution in [-0.2, 0) is 0 Å². The van der Waals surface area contributed by atoms with E-state index in [-0.39, 0.29) is 5.91 Å². The minimum Gasteiger partial charge on any atom is -0.495 e. The number of carbonyl (C=O) groups is 1. The maximum absolute atomic E-state index is 12.3. The maximum atomic E-state index is 12.3. The van der Waals surface area contributed by atoms with Crippen molar-refractivity contribution in [2.45, 2.75) is 40.0 Å². The predicted molar refractivity (Wildman–Crippen MR) is 105 cm³/mol. The van der Waals surface area contributed by atoms with Crippen molar-refractivity contribution in [3.8, 4) is 5.75 Å². The van der Waals surface area contributed by atoms with Crippen LogP contribution in [0.4, 0.5) is 11.5 Å². The van der Waals surface area contributed by atoms with Crippen molar-refractivity contribution in [2.24, 2.45) is 0 Å². The number of methoxy groups -OCH3 is 1. The third-order valence-electron chi connectivity index (χ3n) is 3.88. The SMILES string of the molecule is CCCCCNC(=O)c1cc(Nc2cc(C)c(Cl)cc2OC)nc(C)n1. The van der Waals surface area contributed by atoms with E-state index in [0.29, 0.717) is 34.7 Å². The number of ether oxygens (including phenoxy) is 1. The highest BCUT2D eigenvalue weighted by Crippen LogP contribution is 2.32. The van der Waals surface area contributed by atoms with Crippen molar-refractivity contribution in [3.05, 3.63) is 40.3 Å². The van der Waals surface area contributed by atoms with Crippen LogP contribution < -0.4 is 15.4 Å². The lowest BCUT2D eigenvalue weighted by atomic mass is 10.2. The molecule has 0 atom stereocenters. The Bertz CT molecular complexity index is 780. The lowest BCUT2D eigenvalue weighted by Crippen LogP contribution is -2.25. The molecule has 0 aliphatic carbocycles. The molecular formula is C19H25ClN4O2. The van der Waals surface area contributed by atoms with Gasteiger partial charge in [0, 0.05) is 23.7 Å². The Balaban J connectivity index is 2.19. The number of aryl methyl sites for hydroxylation is 2. The van der Waals surface area contributed by atoms with E-state index in [9.17, 15) is 4.79 Å². The molecule has 0 fully saturated rings. The number of rotatable bonds is 8. The molecule has 26 heavy (non-hydrogen) atoms. The fourth-order valence-corrected chi connectivity index (χ4v) is 2.64. The summed E-state index contributed by atoms with van der Waals surface area (Å²) in [6.45, 7) is 6.43. The van der Waals surface area contributed by atoms with Crippen LogP contribution >= 0.6 is 11.6 Å². The molecule has 7 heteroatoms. The third kappa shape index (κ3) is 5.33. The predicted octanol–water partition coefficient (Wildman–Crippen LogP) is 4.42. The first kappa shape index (κ1) is 20.0. The number of nitrogens with zero attached hydrogens (tertiary/aromatic N) is 2. The summed E-state index contributed by atoms with van der Waals surface area (Å²) in [7, 11) is 1.58. The zero-order valence-electron chi connectivity index (χ0n) is 15.6. The number of hydrogen-bond acceptors (Lipinski definition) is 5. The van der Waals surface area contributed by atoms with Gasteiger partial charge in [-0.2, -0.15) is 0 Å². The molecule has 1 aromatic heterocycles. The molecule has 140 valence electrons. The molecule has 1 aromatic carbocycles. The summed E-state index contributed by atoms with van der Waals surface area (Å²) in [6.07, 6.45) is 3.16. The van der Waals surface area contributed by atoms with Gasteiger partial charge in [0.2, 0.25) is 0 Å². The normalized spacial score (nSPS) is 10.5. The standard InChI is InChI=1S/C19H25ClN4O2/c1-5-6-7-8-21-19(25)16-11-18(23-13(3)22-16)24-15-9-12(2)14(20)10-17(15)26-4/h9-11H,5-8H2,1-4H3,(H,21,25)(H,22,23,24). The van der Waals surface area contributed by atoms with E-state index in [1.165, 1.54) is 0 Å². The Morgan fingerprint density at radius 3 is 2.65 bits per heavy atom. The molecule has 0 unspecified atom stereocenters. The first-order valence-corrected chi connectivity index (χ1v) is 9.07. The lowest BCUT2D eigenvalue weighted by molar-refractivity contribution is 0.0947. The highest BCUT2D eigenvalue weighted by atomic mass is 35.5. The molecule has 0 radical (unpaired) electrons. The van der Waals surface area contributed by atoms with Gasteiger partial charge in [0.1, 0.15) is 23.1 Å². The van der Waals surface area contributed by atoms with Gasteiger partial charge in [-0.3, -0.25) is 4.79 Å².